The zero-order chi connectivity index (χ0) is 22.6. The van der Waals surface area contributed by atoms with Crippen LogP contribution in [0.15, 0.2) is 35.9 Å². The van der Waals surface area contributed by atoms with E-state index in [-0.39, 0.29) is 17.4 Å². The highest BCUT2D eigenvalue weighted by molar-refractivity contribution is 7.93. The summed E-state index contributed by atoms with van der Waals surface area (Å²) in [6, 6.07) is 5.22. The highest BCUT2D eigenvalue weighted by Crippen LogP contribution is 2.34. The van der Waals surface area contributed by atoms with Crippen molar-refractivity contribution in [2.45, 2.75) is 58.4 Å². The fourth-order valence-electron chi connectivity index (χ4n) is 3.48. The number of hydrogen-bond donors (Lipinski definition) is 1. The van der Waals surface area contributed by atoms with Crippen LogP contribution < -0.4 is 10.1 Å². The average molecular weight is 444 g/mol. The van der Waals surface area contributed by atoms with Gasteiger partial charge in [-0.2, -0.15) is 4.98 Å². The summed E-state index contributed by atoms with van der Waals surface area (Å²) in [5, 5.41) is 3.83. The Hall–Kier alpha value is -2.74. The monoisotopic (exact) mass is 443 g/mol. The van der Waals surface area contributed by atoms with E-state index >= 15 is 0 Å². The van der Waals surface area contributed by atoms with E-state index in [0.29, 0.717) is 11.6 Å². The zero-order valence-corrected chi connectivity index (χ0v) is 19.2. The molecule has 0 radical (unpaired) electrons. The van der Waals surface area contributed by atoms with E-state index in [4.69, 9.17) is 4.74 Å². The van der Waals surface area contributed by atoms with E-state index in [9.17, 15) is 13.2 Å². The summed E-state index contributed by atoms with van der Waals surface area (Å²) in [4.78, 5) is 21.9. The van der Waals surface area contributed by atoms with Crippen molar-refractivity contribution in [2.24, 2.45) is 0 Å². The Kier molecular flexibility index (Phi) is 7.10. The maximum absolute atomic E-state index is 12.9. The molecule has 1 amide bonds. The van der Waals surface area contributed by atoms with E-state index < -0.39 is 21.8 Å². The maximum Gasteiger partial charge on any atom is 0.258 e. The number of benzene rings is 1. The topological polar surface area (TPSA) is 98.2 Å². The molecule has 1 N–H and O–H groups in total. The Balaban J connectivity index is 1.89. The van der Waals surface area contributed by atoms with Crippen LogP contribution in [-0.4, -0.2) is 36.6 Å². The molecule has 1 aliphatic rings. The van der Waals surface area contributed by atoms with Crippen molar-refractivity contribution in [3.63, 3.8) is 0 Å². The van der Waals surface area contributed by atoms with Crippen LogP contribution in [0.4, 0.5) is 0 Å². The SMILES string of the molecule is Cc1ccc(Oc2nc(C3CCCC3)ncc2C(=O)N[C@@H](C)/C=C/S(C)(=O)=O)cc1C. The maximum atomic E-state index is 12.9. The first-order valence-electron chi connectivity index (χ1n) is 10.4. The largest absolute Gasteiger partial charge is 0.438 e. The average Bonchev–Trinajstić information content (AvgIpc) is 3.23. The van der Waals surface area contributed by atoms with Crippen molar-refractivity contribution >= 4 is 15.7 Å². The summed E-state index contributed by atoms with van der Waals surface area (Å²) in [7, 11) is -3.27. The number of aryl methyl sites for hydroxylation is 2. The fourth-order valence-corrected chi connectivity index (χ4v) is 4.00. The molecule has 7 nitrogen and oxygen atoms in total. The molecule has 1 atom stereocenters. The van der Waals surface area contributed by atoms with Crippen LogP contribution in [0.1, 0.15) is 65.8 Å². The normalized spacial score (nSPS) is 15.9. The minimum Gasteiger partial charge on any atom is -0.438 e. The molecule has 0 saturated heterocycles. The third-order valence-electron chi connectivity index (χ3n) is 5.40. The smallest absolute Gasteiger partial charge is 0.258 e. The fraction of sp³-hybridized carbons (Fsp3) is 0.435. The number of nitrogens with one attached hydrogen (secondary N) is 1. The number of aromatic nitrogens is 2. The molecule has 3 rings (SSSR count). The molecule has 1 aliphatic carbocycles. The van der Waals surface area contributed by atoms with E-state index in [2.05, 4.69) is 15.3 Å². The van der Waals surface area contributed by atoms with Crippen molar-refractivity contribution in [1.82, 2.24) is 15.3 Å². The van der Waals surface area contributed by atoms with E-state index in [1.807, 2.05) is 32.0 Å². The minimum absolute atomic E-state index is 0.206. The zero-order valence-electron chi connectivity index (χ0n) is 18.4. The van der Waals surface area contributed by atoms with Gasteiger partial charge in [0.1, 0.15) is 17.1 Å². The number of sulfone groups is 1. The third-order valence-corrected chi connectivity index (χ3v) is 6.05. The van der Waals surface area contributed by atoms with Crippen LogP contribution in [0.5, 0.6) is 11.6 Å². The van der Waals surface area contributed by atoms with Crippen LogP contribution >= 0.6 is 0 Å². The highest BCUT2D eigenvalue weighted by Gasteiger charge is 2.24. The standard InChI is InChI=1S/C23H29N3O4S/c1-15-9-10-19(13-16(15)2)30-23-20(14-24-21(26-23)18-7-5-6-8-18)22(27)25-17(3)11-12-31(4,28)29/h9-14,17-18H,5-8H2,1-4H3,(H,25,27)/b12-11+/t17-/m0/s1. The van der Waals surface area contributed by atoms with Crippen LogP contribution in [0, 0.1) is 13.8 Å². The number of nitrogens with zero attached hydrogens (tertiary/aromatic N) is 2. The molecule has 1 aromatic carbocycles. The van der Waals surface area contributed by atoms with Gasteiger partial charge in [-0.3, -0.25) is 4.79 Å². The van der Waals surface area contributed by atoms with Crippen LogP contribution in [0.3, 0.4) is 0 Å². The number of carbonyl (C=O) groups is 1. The molecule has 0 spiro atoms. The first-order chi connectivity index (χ1) is 14.6. The van der Waals surface area contributed by atoms with E-state index in [0.717, 1.165) is 48.5 Å². The first kappa shape index (κ1) is 22.9. The lowest BCUT2D eigenvalue weighted by molar-refractivity contribution is 0.0943. The van der Waals surface area contributed by atoms with Crippen molar-refractivity contribution in [3.05, 3.63) is 58.4 Å². The van der Waals surface area contributed by atoms with E-state index in [1.54, 1.807) is 6.92 Å². The molecule has 31 heavy (non-hydrogen) atoms. The number of rotatable bonds is 7. The Morgan fingerprint density at radius 3 is 2.58 bits per heavy atom. The summed E-state index contributed by atoms with van der Waals surface area (Å²) >= 11 is 0. The van der Waals surface area contributed by atoms with Crippen LogP contribution in [0.2, 0.25) is 0 Å². The molecule has 166 valence electrons. The van der Waals surface area contributed by atoms with E-state index in [1.165, 1.54) is 12.3 Å². The molecule has 8 heteroatoms. The van der Waals surface area contributed by atoms with Gasteiger partial charge in [0.25, 0.3) is 5.91 Å². The molecule has 1 fully saturated rings. The lowest BCUT2D eigenvalue weighted by Crippen LogP contribution is -2.31. The predicted molar refractivity (Wildman–Crippen MR) is 120 cm³/mol. The summed E-state index contributed by atoms with van der Waals surface area (Å²) in [6.07, 6.45) is 8.37. The minimum atomic E-state index is -3.27. The van der Waals surface area contributed by atoms with Gasteiger partial charge in [0, 0.05) is 29.8 Å². The van der Waals surface area contributed by atoms with Crippen LogP contribution in [-0.2, 0) is 9.84 Å². The van der Waals surface area contributed by atoms with Gasteiger partial charge in [0.05, 0.1) is 0 Å². The molecule has 0 bridgehead atoms. The molecule has 1 saturated carbocycles. The number of hydrogen-bond acceptors (Lipinski definition) is 6. The van der Waals surface area contributed by atoms with Gasteiger partial charge in [-0.15, -0.1) is 0 Å². The number of carbonyl (C=O) groups excluding carboxylic acids is 1. The van der Waals surface area contributed by atoms with Crippen molar-refractivity contribution in [2.75, 3.05) is 6.26 Å². The molecular formula is C23H29N3O4S. The Labute approximate surface area is 183 Å². The Bertz CT molecular complexity index is 1090. The summed E-state index contributed by atoms with van der Waals surface area (Å²) in [5.41, 5.74) is 2.43. The van der Waals surface area contributed by atoms with Gasteiger partial charge in [-0.25, -0.2) is 13.4 Å². The van der Waals surface area contributed by atoms with Crippen molar-refractivity contribution in [3.8, 4) is 11.6 Å². The predicted octanol–water partition coefficient (Wildman–Crippen LogP) is 4.22. The van der Waals surface area contributed by atoms with Crippen molar-refractivity contribution < 1.29 is 17.9 Å². The Morgan fingerprint density at radius 1 is 1.23 bits per heavy atom. The highest BCUT2D eigenvalue weighted by atomic mass is 32.2. The summed E-state index contributed by atoms with van der Waals surface area (Å²) in [6.45, 7) is 5.71. The quantitative estimate of drug-likeness (QED) is 0.688. The molecule has 1 aromatic heterocycles. The molecule has 2 aromatic rings. The van der Waals surface area contributed by atoms with Gasteiger partial charge in [0.15, 0.2) is 9.84 Å². The van der Waals surface area contributed by atoms with Crippen molar-refractivity contribution in [1.29, 1.82) is 0 Å². The van der Waals surface area contributed by atoms with Gasteiger partial charge in [0.2, 0.25) is 5.88 Å². The molecule has 0 unspecified atom stereocenters. The van der Waals surface area contributed by atoms with Gasteiger partial charge in [-0.05, 0) is 56.9 Å². The summed E-state index contributed by atoms with van der Waals surface area (Å²) < 4.78 is 28.7. The molecule has 1 heterocycles. The lowest BCUT2D eigenvalue weighted by Gasteiger charge is -2.15. The Morgan fingerprint density at radius 2 is 1.94 bits per heavy atom. The van der Waals surface area contributed by atoms with Gasteiger partial charge < -0.3 is 10.1 Å². The summed E-state index contributed by atoms with van der Waals surface area (Å²) in [5.74, 6) is 1.34. The second-order valence-electron chi connectivity index (χ2n) is 8.20. The molecular weight excluding hydrogens is 414 g/mol. The van der Waals surface area contributed by atoms with Crippen LogP contribution in [0.25, 0.3) is 0 Å². The number of ether oxygens (including phenoxy) is 1. The molecule has 0 aliphatic heterocycles. The number of amides is 1. The van der Waals surface area contributed by atoms with Gasteiger partial charge >= 0.3 is 0 Å². The second-order valence-corrected chi connectivity index (χ2v) is 10.1. The second kappa shape index (κ2) is 9.60. The third kappa shape index (κ3) is 6.37. The van der Waals surface area contributed by atoms with Gasteiger partial charge in [-0.1, -0.05) is 25.0 Å². The first-order valence-corrected chi connectivity index (χ1v) is 12.4. The lowest BCUT2D eigenvalue weighted by atomic mass is 10.1.